The van der Waals surface area contributed by atoms with Crippen LogP contribution in [0.2, 0.25) is 0 Å². The summed E-state index contributed by atoms with van der Waals surface area (Å²) >= 11 is 1.78. The van der Waals surface area contributed by atoms with Gasteiger partial charge in [0.05, 0.1) is 16.0 Å². The van der Waals surface area contributed by atoms with Gasteiger partial charge in [-0.1, -0.05) is 30.3 Å². The minimum absolute atomic E-state index is 0.107. The van der Waals surface area contributed by atoms with Crippen molar-refractivity contribution in [3.05, 3.63) is 35.9 Å². The van der Waals surface area contributed by atoms with Crippen LogP contribution < -0.4 is 0 Å². The molecule has 20 heavy (non-hydrogen) atoms. The molecule has 110 valence electrons. The van der Waals surface area contributed by atoms with Crippen molar-refractivity contribution in [3.63, 3.8) is 0 Å². The van der Waals surface area contributed by atoms with E-state index in [1.807, 2.05) is 35.2 Å². The van der Waals surface area contributed by atoms with Gasteiger partial charge in [0.25, 0.3) is 0 Å². The number of carbonyl (C=O) groups excluding carboxylic acids is 1. The molecule has 1 fully saturated rings. The van der Waals surface area contributed by atoms with Crippen molar-refractivity contribution < 1.29 is 9.53 Å². The number of thioether (sulfide) groups is 1. The van der Waals surface area contributed by atoms with E-state index in [1.165, 1.54) is 0 Å². The molecule has 4 heteroatoms. The Labute approximate surface area is 125 Å². The van der Waals surface area contributed by atoms with E-state index in [0.29, 0.717) is 6.42 Å². The second-order valence-electron chi connectivity index (χ2n) is 6.17. The molecule has 1 aromatic carbocycles. The monoisotopic (exact) mass is 293 g/mol. The summed E-state index contributed by atoms with van der Waals surface area (Å²) in [7, 11) is 1.68. The third-order valence-corrected chi connectivity index (χ3v) is 5.04. The van der Waals surface area contributed by atoms with Gasteiger partial charge in [-0.15, -0.1) is 11.8 Å². The van der Waals surface area contributed by atoms with Gasteiger partial charge >= 0.3 is 0 Å². The molecule has 1 aliphatic heterocycles. The Kier molecular flexibility index (Phi) is 4.17. The zero-order valence-corrected chi connectivity index (χ0v) is 13.7. The third-order valence-electron chi connectivity index (χ3n) is 3.61. The molecular weight excluding hydrogens is 270 g/mol. The Morgan fingerprint density at radius 1 is 1.25 bits per heavy atom. The molecule has 0 N–H and O–H groups in total. The van der Waals surface area contributed by atoms with E-state index >= 15 is 0 Å². The van der Waals surface area contributed by atoms with E-state index in [9.17, 15) is 4.79 Å². The highest BCUT2D eigenvalue weighted by Crippen LogP contribution is 2.51. The van der Waals surface area contributed by atoms with Gasteiger partial charge in [-0.2, -0.15) is 0 Å². The molecule has 2 rings (SSSR count). The molecule has 1 aromatic rings. The number of hydrogen-bond donors (Lipinski definition) is 0. The second kappa shape index (κ2) is 5.41. The Bertz CT molecular complexity index is 485. The van der Waals surface area contributed by atoms with Crippen LogP contribution in [0, 0.1) is 0 Å². The summed E-state index contributed by atoms with van der Waals surface area (Å²) < 4.78 is 5.51. The topological polar surface area (TPSA) is 29.5 Å². The van der Waals surface area contributed by atoms with E-state index in [-0.39, 0.29) is 21.8 Å². The van der Waals surface area contributed by atoms with Crippen LogP contribution in [0.25, 0.3) is 0 Å². The van der Waals surface area contributed by atoms with Crippen molar-refractivity contribution >= 4 is 17.7 Å². The molecule has 3 nitrogen and oxygen atoms in total. The molecule has 0 aromatic heterocycles. The van der Waals surface area contributed by atoms with E-state index in [0.717, 1.165) is 5.56 Å². The summed E-state index contributed by atoms with van der Waals surface area (Å²) in [6, 6.07) is 9.86. The van der Waals surface area contributed by atoms with Crippen molar-refractivity contribution in [3.8, 4) is 0 Å². The largest absolute Gasteiger partial charge is 0.360 e. The molecule has 1 aliphatic rings. The third kappa shape index (κ3) is 2.86. The average Bonchev–Trinajstić information content (AvgIpc) is 2.54. The first-order valence-electron chi connectivity index (χ1n) is 6.87. The molecule has 0 aliphatic carbocycles. The highest BCUT2D eigenvalue weighted by Gasteiger charge is 2.53. The number of amides is 1. The molecule has 1 heterocycles. The lowest BCUT2D eigenvalue weighted by Crippen LogP contribution is -2.50. The fourth-order valence-electron chi connectivity index (χ4n) is 3.01. The summed E-state index contributed by atoms with van der Waals surface area (Å²) in [6.45, 7) is 8.43. The van der Waals surface area contributed by atoms with E-state index < -0.39 is 0 Å². The van der Waals surface area contributed by atoms with Crippen molar-refractivity contribution in [2.45, 2.75) is 50.0 Å². The lowest BCUT2D eigenvalue weighted by Gasteiger charge is -2.35. The van der Waals surface area contributed by atoms with Crippen molar-refractivity contribution in [2.75, 3.05) is 7.11 Å². The molecule has 0 saturated carbocycles. The summed E-state index contributed by atoms with van der Waals surface area (Å²) in [5.74, 6) is 0.117. The van der Waals surface area contributed by atoms with Crippen molar-refractivity contribution in [2.24, 2.45) is 0 Å². The van der Waals surface area contributed by atoms with Gasteiger partial charge in [0.2, 0.25) is 5.91 Å². The maximum Gasteiger partial charge on any atom is 0.230 e. The van der Waals surface area contributed by atoms with Crippen molar-refractivity contribution in [1.82, 2.24) is 4.90 Å². The van der Waals surface area contributed by atoms with Crippen LogP contribution in [-0.4, -0.2) is 33.8 Å². The van der Waals surface area contributed by atoms with Gasteiger partial charge < -0.3 is 9.64 Å². The van der Waals surface area contributed by atoms with Crippen LogP contribution >= 0.6 is 11.8 Å². The highest BCUT2D eigenvalue weighted by molar-refractivity contribution is 8.02. The smallest absolute Gasteiger partial charge is 0.230 e. The van der Waals surface area contributed by atoms with Crippen LogP contribution in [0.15, 0.2) is 30.3 Å². The predicted molar refractivity (Wildman–Crippen MR) is 83.5 cm³/mol. The maximum absolute atomic E-state index is 12.7. The number of ether oxygens (including phenoxy) is 1. The van der Waals surface area contributed by atoms with Crippen LogP contribution in [-0.2, 0) is 16.0 Å². The summed E-state index contributed by atoms with van der Waals surface area (Å²) in [5, 5.41) is 0. The van der Waals surface area contributed by atoms with Gasteiger partial charge in [-0.05, 0) is 33.3 Å². The fraction of sp³-hybridized carbons (Fsp3) is 0.562. The quantitative estimate of drug-likeness (QED) is 0.856. The standard InChI is InChI=1S/C16H23NO2S/c1-15(2)14(19-5)17(16(3,4)20-15)13(18)11-12-9-7-6-8-10-12/h6-10,14H,11H2,1-5H3/t14-/m0/s1. The minimum atomic E-state index is -0.254. The van der Waals surface area contributed by atoms with Gasteiger partial charge in [0, 0.05) is 7.11 Å². The Balaban J connectivity index is 2.23. The molecule has 1 atom stereocenters. The first-order valence-corrected chi connectivity index (χ1v) is 7.68. The van der Waals surface area contributed by atoms with Crippen LogP contribution in [0.4, 0.5) is 0 Å². The number of rotatable bonds is 3. The van der Waals surface area contributed by atoms with E-state index in [1.54, 1.807) is 18.9 Å². The summed E-state index contributed by atoms with van der Waals surface area (Å²) in [6.07, 6.45) is 0.222. The van der Waals surface area contributed by atoms with Crippen molar-refractivity contribution in [1.29, 1.82) is 0 Å². The van der Waals surface area contributed by atoms with Gasteiger partial charge in [0.1, 0.15) is 6.23 Å². The summed E-state index contributed by atoms with van der Waals surface area (Å²) in [5.41, 5.74) is 1.04. The Morgan fingerprint density at radius 3 is 2.40 bits per heavy atom. The first-order chi connectivity index (χ1) is 9.28. The Morgan fingerprint density at radius 2 is 1.85 bits per heavy atom. The zero-order valence-electron chi connectivity index (χ0n) is 12.8. The first kappa shape index (κ1) is 15.4. The SMILES string of the molecule is CO[C@@H]1N(C(=O)Cc2ccccc2)C(C)(C)SC1(C)C. The fourth-order valence-corrected chi connectivity index (χ4v) is 4.90. The number of benzene rings is 1. The van der Waals surface area contributed by atoms with Gasteiger partial charge in [-0.3, -0.25) is 4.79 Å². The molecule has 0 bridgehead atoms. The minimum Gasteiger partial charge on any atom is -0.360 e. The average molecular weight is 293 g/mol. The second-order valence-corrected chi connectivity index (χ2v) is 8.42. The molecule has 1 saturated heterocycles. The Hall–Kier alpha value is -1.00. The normalized spacial score (nSPS) is 23.9. The van der Waals surface area contributed by atoms with Crippen LogP contribution in [0.1, 0.15) is 33.3 Å². The molecule has 0 spiro atoms. The lowest BCUT2D eigenvalue weighted by atomic mass is 10.1. The van der Waals surface area contributed by atoms with E-state index in [4.69, 9.17) is 4.74 Å². The molecule has 0 unspecified atom stereocenters. The lowest BCUT2D eigenvalue weighted by molar-refractivity contribution is -0.148. The molecule has 0 radical (unpaired) electrons. The molecular formula is C16H23NO2S. The number of nitrogens with zero attached hydrogens (tertiary/aromatic N) is 1. The van der Waals surface area contributed by atoms with Gasteiger partial charge in [0.15, 0.2) is 0 Å². The zero-order chi connectivity index (χ0) is 15.0. The van der Waals surface area contributed by atoms with Gasteiger partial charge in [-0.25, -0.2) is 0 Å². The van der Waals surface area contributed by atoms with Crippen LogP contribution in [0.5, 0.6) is 0 Å². The number of hydrogen-bond acceptors (Lipinski definition) is 3. The predicted octanol–water partition coefficient (Wildman–Crippen LogP) is 3.29. The highest BCUT2D eigenvalue weighted by atomic mass is 32.2. The number of carbonyl (C=O) groups is 1. The van der Waals surface area contributed by atoms with E-state index in [2.05, 4.69) is 27.7 Å². The van der Waals surface area contributed by atoms with Crippen LogP contribution in [0.3, 0.4) is 0 Å². The molecule has 1 amide bonds. The summed E-state index contributed by atoms with van der Waals surface area (Å²) in [4.78, 5) is 14.4. The number of methoxy groups -OCH3 is 1. The maximum atomic E-state index is 12.7.